The Morgan fingerprint density at radius 2 is 1.78 bits per heavy atom. The maximum absolute atomic E-state index is 12.5. The molecule has 9 heteroatoms. The fourth-order valence-electron chi connectivity index (χ4n) is 3.00. The van der Waals surface area contributed by atoms with Gasteiger partial charge in [0.2, 0.25) is 10.0 Å². The Morgan fingerprint density at radius 3 is 2.44 bits per heavy atom. The number of rotatable bonds is 13. The molecule has 2 aromatic rings. The first kappa shape index (κ1) is 25.3. The molecule has 0 radical (unpaired) electrons. The first-order valence-electron chi connectivity index (χ1n) is 10.6. The van der Waals surface area contributed by atoms with E-state index in [-0.39, 0.29) is 30.3 Å². The monoisotopic (exact) mass is 458 g/mol. The molecule has 0 heterocycles. The highest BCUT2D eigenvalue weighted by molar-refractivity contribution is 7.89. The Kier molecular flexibility index (Phi) is 10.1. The molecule has 0 aliphatic rings. The van der Waals surface area contributed by atoms with Gasteiger partial charge in [-0.05, 0) is 43.4 Å². The molecule has 2 aromatic carbocycles. The summed E-state index contributed by atoms with van der Waals surface area (Å²) in [6.45, 7) is 7.87. The summed E-state index contributed by atoms with van der Waals surface area (Å²) in [5.74, 6) is 0.411. The Labute approximate surface area is 190 Å². The van der Waals surface area contributed by atoms with Gasteiger partial charge in [0, 0.05) is 37.2 Å². The highest BCUT2D eigenvalue weighted by atomic mass is 32.2. The van der Waals surface area contributed by atoms with E-state index in [1.165, 1.54) is 24.3 Å². The van der Waals surface area contributed by atoms with E-state index in [0.29, 0.717) is 12.2 Å². The van der Waals surface area contributed by atoms with Crippen LogP contribution in [0.3, 0.4) is 0 Å². The van der Waals surface area contributed by atoms with E-state index >= 15 is 0 Å². The van der Waals surface area contributed by atoms with Crippen molar-refractivity contribution in [1.29, 1.82) is 5.26 Å². The van der Waals surface area contributed by atoms with Gasteiger partial charge in [-0.2, -0.15) is 5.26 Å². The van der Waals surface area contributed by atoms with Crippen LogP contribution in [0.1, 0.15) is 36.2 Å². The number of benzene rings is 2. The number of likely N-dealkylation sites (N-methyl/N-ethyl adjacent to an activating group) is 1. The molecule has 2 N–H and O–H groups in total. The van der Waals surface area contributed by atoms with Gasteiger partial charge in [0.05, 0.1) is 11.0 Å². The van der Waals surface area contributed by atoms with Crippen LogP contribution in [0.4, 0.5) is 0 Å². The van der Waals surface area contributed by atoms with Crippen molar-refractivity contribution in [2.75, 3.05) is 32.8 Å². The van der Waals surface area contributed by atoms with Crippen LogP contribution in [-0.2, 0) is 16.6 Å². The van der Waals surface area contributed by atoms with E-state index < -0.39 is 10.0 Å². The summed E-state index contributed by atoms with van der Waals surface area (Å²) < 4.78 is 32.6. The van der Waals surface area contributed by atoms with E-state index in [0.717, 1.165) is 30.9 Å². The molecule has 0 aromatic heterocycles. The van der Waals surface area contributed by atoms with E-state index in [9.17, 15) is 13.2 Å². The number of nitrogens with zero attached hydrogens (tertiary/aromatic N) is 2. The predicted octanol–water partition coefficient (Wildman–Crippen LogP) is 2.53. The number of carbonyl (C=O) groups is 1. The second-order valence-electron chi connectivity index (χ2n) is 7.00. The summed E-state index contributed by atoms with van der Waals surface area (Å²) in [6, 6.07) is 15.1. The minimum Gasteiger partial charge on any atom is -0.492 e. The second kappa shape index (κ2) is 12.8. The number of sulfonamides is 1. The molecule has 0 saturated carbocycles. The molecular formula is C23H30N4O4S. The highest BCUT2D eigenvalue weighted by Crippen LogP contribution is 2.18. The molecule has 0 atom stereocenters. The van der Waals surface area contributed by atoms with Crippen LogP contribution in [0.5, 0.6) is 5.75 Å². The molecule has 0 aliphatic carbocycles. The molecular weight excluding hydrogens is 428 g/mol. The number of amides is 1. The van der Waals surface area contributed by atoms with E-state index in [4.69, 9.17) is 10.00 Å². The van der Waals surface area contributed by atoms with Gasteiger partial charge in [-0.15, -0.1) is 0 Å². The van der Waals surface area contributed by atoms with E-state index in [2.05, 4.69) is 28.8 Å². The lowest BCUT2D eigenvalue weighted by atomic mass is 10.1. The first-order chi connectivity index (χ1) is 15.4. The summed E-state index contributed by atoms with van der Waals surface area (Å²) in [6.07, 6.45) is 0.0837. The van der Waals surface area contributed by atoms with Gasteiger partial charge in [-0.25, -0.2) is 13.1 Å². The van der Waals surface area contributed by atoms with Gasteiger partial charge < -0.3 is 15.0 Å². The van der Waals surface area contributed by atoms with Crippen LogP contribution in [0.2, 0.25) is 0 Å². The third kappa shape index (κ3) is 7.64. The molecule has 8 nitrogen and oxygen atoms in total. The third-order valence-corrected chi connectivity index (χ3v) is 6.40. The van der Waals surface area contributed by atoms with Crippen molar-refractivity contribution in [3.63, 3.8) is 0 Å². The second-order valence-corrected chi connectivity index (χ2v) is 8.76. The van der Waals surface area contributed by atoms with Gasteiger partial charge in [0.15, 0.2) is 0 Å². The van der Waals surface area contributed by atoms with Crippen molar-refractivity contribution in [2.45, 2.75) is 31.7 Å². The Morgan fingerprint density at radius 1 is 1.09 bits per heavy atom. The van der Waals surface area contributed by atoms with Crippen LogP contribution in [-0.4, -0.2) is 52.0 Å². The summed E-state index contributed by atoms with van der Waals surface area (Å²) >= 11 is 0. The van der Waals surface area contributed by atoms with Gasteiger partial charge in [-0.1, -0.05) is 32.0 Å². The Balaban J connectivity index is 1.95. The van der Waals surface area contributed by atoms with Gasteiger partial charge >= 0.3 is 0 Å². The van der Waals surface area contributed by atoms with Crippen LogP contribution < -0.4 is 14.8 Å². The third-order valence-electron chi connectivity index (χ3n) is 4.93. The zero-order valence-electron chi connectivity index (χ0n) is 18.5. The van der Waals surface area contributed by atoms with Crippen molar-refractivity contribution in [2.24, 2.45) is 0 Å². The largest absolute Gasteiger partial charge is 0.492 e. The summed E-state index contributed by atoms with van der Waals surface area (Å²) in [5, 5.41) is 11.4. The molecule has 172 valence electrons. The fourth-order valence-corrected chi connectivity index (χ4v) is 4.03. The first-order valence-corrected chi connectivity index (χ1v) is 12.1. The average molecular weight is 459 g/mol. The molecule has 0 bridgehead atoms. The lowest BCUT2D eigenvalue weighted by Crippen LogP contribution is -2.28. The van der Waals surface area contributed by atoms with Crippen molar-refractivity contribution < 1.29 is 17.9 Å². The number of hydrogen-bond donors (Lipinski definition) is 2. The van der Waals surface area contributed by atoms with Crippen LogP contribution in [0.15, 0.2) is 53.4 Å². The molecule has 0 spiro atoms. The number of ether oxygens (including phenoxy) is 1. The van der Waals surface area contributed by atoms with Crippen LogP contribution >= 0.6 is 0 Å². The zero-order chi connectivity index (χ0) is 23.4. The lowest BCUT2D eigenvalue weighted by molar-refractivity contribution is 0.0950. The molecule has 1 amide bonds. The Hall–Kier alpha value is -2.93. The predicted molar refractivity (Wildman–Crippen MR) is 123 cm³/mol. The average Bonchev–Trinajstić information content (AvgIpc) is 2.81. The summed E-state index contributed by atoms with van der Waals surface area (Å²) in [7, 11) is -3.71. The maximum Gasteiger partial charge on any atom is 0.251 e. The van der Waals surface area contributed by atoms with Crippen molar-refractivity contribution in [1.82, 2.24) is 14.9 Å². The number of para-hydroxylation sites is 1. The molecule has 0 unspecified atom stereocenters. The number of hydrogen-bond acceptors (Lipinski definition) is 6. The van der Waals surface area contributed by atoms with Gasteiger partial charge in [0.25, 0.3) is 5.91 Å². The molecule has 0 aliphatic heterocycles. The van der Waals surface area contributed by atoms with E-state index in [1.54, 1.807) is 0 Å². The summed E-state index contributed by atoms with van der Waals surface area (Å²) in [4.78, 5) is 14.8. The highest BCUT2D eigenvalue weighted by Gasteiger charge is 2.15. The number of nitrogens with one attached hydrogen (secondary N) is 2. The zero-order valence-corrected chi connectivity index (χ0v) is 19.3. The van der Waals surface area contributed by atoms with Crippen molar-refractivity contribution >= 4 is 15.9 Å². The van der Waals surface area contributed by atoms with Crippen molar-refractivity contribution in [3.8, 4) is 11.8 Å². The number of nitriles is 1. The quantitative estimate of drug-likeness (QED) is 0.446. The maximum atomic E-state index is 12.5. The molecule has 0 saturated heterocycles. The normalized spacial score (nSPS) is 11.2. The Bertz CT molecular complexity index is 1010. The topological polar surface area (TPSA) is 112 Å². The fraction of sp³-hybridized carbons (Fsp3) is 0.391. The molecule has 2 rings (SSSR count). The van der Waals surface area contributed by atoms with Gasteiger partial charge in [0.1, 0.15) is 12.4 Å². The van der Waals surface area contributed by atoms with Crippen molar-refractivity contribution in [3.05, 3.63) is 59.7 Å². The smallest absolute Gasteiger partial charge is 0.251 e. The minimum atomic E-state index is -3.71. The lowest BCUT2D eigenvalue weighted by Gasteiger charge is -2.19. The van der Waals surface area contributed by atoms with Crippen LogP contribution in [0.25, 0.3) is 0 Å². The SMILES string of the molecule is CCN(CC)CCOc1ccccc1CNC(=O)c1ccc(S(=O)(=O)NCCC#N)cc1. The van der Waals surface area contributed by atoms with E-state index in [1.807, 2.05) is 30.3 Å². The molecule has 32 heavy (non-hydrogen) atoms. The van der Waals surface area contributed by atoms with Crippen LogP contribution in [0, 0.1) is 11.3 Å². The number of carbonyl (C=O) groups excluding carboxylic acids is 1. The summed E-state index contributed by atoms with van der Waals surface area (Å²) in [5.41, 5.74) is 1.21. The molecule has 0 fully saturated rings. The standard InChI is InChI=1S/C23H30N4O4S/c1-3-27(4-2)16-17-31-22-9-6-5-8-20(22)18-25-23(28)19-10-12-21(13-11-19)32(29,30)26-15-7-14-24/h5-6,8-13,26H,3-4,7,15-18H2,1-2H3,(H,25,28). The minimum absolute atomic E-state index is 0.0392. The van der Waals surface area contributed by atoms with Gasteiger partial charge in [-0.3, -0.25) is 4.79 Å².